The molecule has 0 aromatic heterocycles. The number of rotatable bonds is 5. The number of phenolic OH excluding ortho intramolecular Hbond substituents is 1. The van der Waals surface area contributed by atoms with Gasteiger partial charge in [-0.05, 0) is 63.3 Å². The van der Waals surface area contributed by atoms with Gasteiger partial charge in [-0.3, -0.25) is 4.79 Å². The van der Waals surface area contributed by atoms with Crippen molar-refractivity contribution in [3.05, 3.63) is 34.9 Å². The van der Waals surface area contributed by atoms with E-state index in [1.54, 1.807) is 0 Å². The summed E-state index contributed by atoms with van der Waals surface area (Å²) in [5.74, 6) is 1.05. The third kappa shape index (κ3) is 3.99. The SMILES string of the molecule is CCCCCc1cc(O)c2c(c1)OC(C)(C)[C@@H]1C[C@H](OC(C)=O)C(C)=C[C@@H]21. The first-order valence-electron chi connectivity index (χ1n) is 10.1. The number of ether oxygens (including phenoxy) is 2. The molecule has 3 rings (SSSR count). The molecule has 0 bridgehead atoms. The second-order valence-electron chi connectivity index (χ2n) is 8.57. The van der Waals surface area contributed by atoms with Crippen LogP contribution < -0.4 is 4.74 Å². The lowest BCUT2D eigenvalue weighted by molar-refractivity contribution is -0.147. The molecule has 0 amide bonds. The summed E-state index contributed by atoms with van der Waals surface area (Å²) < 4.78 is 11.9. The lowest BCUT2D eigenvalue weighted by Crippen LogP contribution is -2.47. The molecule has 27 heavy (non-hydrogen) atoms. The van der Waals surface area contributed by atoms with E-state index in [-0.39, 0.29) is 23.9 Å². The van der Waals surface area contributed by atoms with E-state index < -0.39 is 5.60 Å². The van der Waals surface area contributed by atoms with Gasteiger partial charge in [0.2, 0.25) is 0 Å². The molecule has 1 N–H and O–H groups in total. The van der Waals surface area contributed by atoms with E-state index in [9.17, 15) is 9.90 Å². The van der Waals surface area contributed by atoms with Gasteiger partial charge < -0.3 is 14.6 Å². The van der Waals surface area contributed by atoms with Crippen LogP contribution in [0.3, 0.4) is 0 Å². The summed E-state index contributed by atoms with van der Waals surface area (Å²) in [6.07, 6.45) is 7.08. The summed E-state index contributed by atoms with van der Waals surface area (Å²) in [7, 11) is 0. The molecule has 1 heterocycles. The Kier molecular flexibility index (Phi) is 5.55. The maximum absolute atomic E-state index is 11.5. The van der Waals surface area contributed by atoms with Crippen LogP contribution in [0.25, 0.3) is 0 Å². The number of hydrogen-bond acceptors (Lipinski definition) is 4. The first-order chi connectivity index (χ1) is 12.7. The molecule has 0 saturated carbocycles. The van der Waals surface area contributed by atoms with Gasteiger partial charge in [0.15, 0.2) is 0 Å². The average molecular weight is 373 g/mol. The molecule has 2 aliphatic rings. The molecule has 1 aromatic rings. The van der Waals surface area contributed by atoms with Crippen molar-refractivity contribution in [1.29, 1.82) is 0 Å². The van der Waals surface area contributed by atoms with Crippen molar-refractivity contribution >= 4 is 5.97 Å². The topological polar surface area (TPSA) is 55.8 Å². The second kappa shape index (κ2) is 7.57. The monoisotopic (exact) mass is 372 g/mol. The normalized spacial score (nSPS) is 25.7. The zero-order valence-corrected chi connectivity index (χ0v) is 17.2. The zero-order valence-electron chi connectivity index (χ0n) is 17.2. The first-order valence-corrected chi connectivity index (χ1v) is 10.1. The molecule has 0 spiro atoms. The fraction of sp³-hybridized carbons (Fsp3) is 0.609. The molecule has 1 aromatic carbocycles. The van der Waals surface area contributed by atoms with Crippen LogP contribution in [0.15, 0.2) is 23.8 Å². The van der Waals surface area contributed by atoms with Crippen LogP contribution in [0, 0.1) is 5.92 Å². The van der Waals surface area contributed by atoms with Gasteiger partial charge in [0.05, 0.1) is 0 Å². The molecular weight excluding hydrogens is 340 g/mol. The van der Waals surface area contributed by atoms with Gasteiger partial charge in [0.25, 0.3) is 0 Å². The van der Waals surface area contributed by atoms with Gasteiger partial charge in [-0.1, -0.05) is 25.8 Å². The number of esters is 1. The van der Waals surface area contributed by atoms with Crippen molar-refractivity contribution < 1.29 is 19.4 Å². The van der Waals surface area contributed by atoms with Crippen molar-refractivity contribution in [2.45, 2.75) is 84.3 Å². The number of aromatic hydroxyl groups is 1. The second-order valence-corrected chi connectivity index (χ2v) is 8.57. The molecule has 148 valence electrons. The standard InChI is InChI=1S/C23H32O4/c1-6-7-8-9-16-11-19(25)22-17-10-14(2)20(26-15(3)24)13-18(17)23(4,5)27-21(22)12-16/h10-12,17-18,20,25H,6-9,13H2,1-5H3/t17-,18-,20+/m1/s1. The molecule has 0 fully saturated rings. The predicted molar refractivity (Wildman–Crippen MR) is 106 cm³/mol. The van der Waals surface area contributed by atoms with E-state index in [1.165, 1.54) is 19.8 Å². The molecule has 4 heteroatoms. The highest BCUT2D eigenvalue weighted by Gasteiger charge is 2.47. The van der Waals surface area contributed by atoms with Gasteiger partial charge in [-0.2, -0.15) is 0 Å². The van der Waals surface area contributed by atoms with Crippen LogP contribution in [0.4, 0.5) is 0 Å². The van der Waals surface area contributed by atoms with Crippen LogP contribution in [-0.4, -0.2) is 22.8 Å². The van der Waals surface area contributed by atoms with Gasteiger partial charge >= 0.3 is 5.97 Å². The highest BCUT2D eigenvalue weighted by Crippen LogP contribution is 2.53. The van der Waals surface area contributed by atoms with Crippen LogP contribution in [0.1, 0.15) is 77.3 Å². The van der Waals surface area contributed by atoms with Crippen LogP contribution in [-0.2, 0) is 16.0 Å². The Morgan fingerprint density at radius 3 is 2.74 bits per heavy atom. The number of phenols is 1. The fourth-order valence-corrected chi connectivity index (χ4v) is 4.58. The quantitative estimate of drug-likeness (QED) is 0.434. The first kappa shape index (κ1) is 19.8. The van der Waals surface area contributed by atoms with Crippen molar-refractivity contribution in [3.63, 3.8) is 0 Å². The van der Waals surface area contributed by atoms with E-state index in [4.69, 9.17) is 9.47 Å². The summed E-state index contributed by atoms with van der Waals surface area (Å²) >= 11 is 0. The minimum atomic E-state index is -0.401. The number of carbonyl (C=O) groups excluding carboxylic acids is 1. The maximum atomic E-state index is 11.5. The van der Waals surface area contributed by atoms with Crippen molar-refractivity contribution in [2.24, 2.45) is 5.92 Å². The van der Waals surface area contributed by atoms with Crippen LogP contribution >= 0.6 is 0 Å². The van der Waals surface area contributed by atoms with Gasteiger partial charge in [0.1, 0.15) is 23.2 Å². The summed E-state index contributed by atoms with van der Waals surface area (Å²) in [5.41, 5.74) is 2.64. The third-order valence-electron chi connectivity index (χ3n) is 6.01. The molecule has 1 aliphatic heterocycles. The molecule has 0 radical (unpaired) electrons. The lowest BCUT2D eigenvalue weighted by Gasteiger charge is -2.47. The summed E-state index contributed by atoms with van der Waals surface area (Å²) in [5, 5.41) is 10.8. The highest BCUT2D eigenvalue weighted by molar-refractivity contribution is 5.66. The zero-order chi connectivity index (χ0) is 19.8. The molecule has 4 nitrogen and oxygen atoms in total. The Morgan fingerprint density at radius 1 is 1.33 bits per heavy atom. The number of aryl methyl sites for hydroxylation is 1. The number of fused-ring (bicyclic) bond motifs is 3. The van der Waals surface area contributed by atoms with Crippen LogP contribution in [0.2, 0.25) is 0 Å². The Labute approximate surface area is 162 Å². The van der Waals surface area contributed by atoms with Crippen LogP contribution in [0.5, 0.6) is 11.5 Å². The molecule has 0 saturated heterocycles. The van der Waals surface area contributed by atoms with Gasteiger partial charge in [-0.15, -0.1) is 0 Å². The number of carbonyl (C=O) groups is 1. The smallest absolute Gasteiger partial charge is 0.303 e. The van der Waals surface area contributed by atoms with E-state index in [1.807, 2.05) is 13.0 Å². The van der Waals surface area contributed by atoms with Gasteiger partial charge in [-0.25, -0.2) is 0 Å². The Balaban J connectivity index is 1.97. The summed E-state index contributed by atoms with van der Waals surface area (Å²) in [4.78, 5) is 11.5. The average Bonchev–Trinajstić information content (AvgIpc) is 2.55. The maximum Gasteiger partial charge on any atom is 0.303 e. The van der Waals surface area contributed by atoms with Gasteiger partial charge in [0, 0.05) is 24.3 Å². The molecule has 3 atom stereocenters. The Bertz CT molecular complexity index is 747. The minimum absolute atomic E-state index is 0.0697. The number of benzene rings is 1. The summed E-state index contributed by atoms with van der Waals surface area (Å²) in [6.45, 7) is 9.82. The minimum Gasteiger partial charge on any atom is -0.507 e. The van der Waals surface area contributed by atoms with Crippen molar-refractivity contribution in [1.82, 2.24) is 0 Å². The highest BCUT2D eigenvalue weighted by atomic mass is 16.5. The van der Waals surface area contributed by atoms with E-state index in [0.29, 0.717) is 12.2 Å². The molecular formula is C23H32O4. The summed E-state index contributed by atoms with van der Waals surface area (Å²) in [6, 6.07) is 4.00. The number of hydrogen-bond donors (Lipinski definition) is 1. The van der Waals surface area contributed by atoms with E-state index in [2.05, 4.69) is 32.9 Å². The Morgan fingerprint density at radius 2 is 2.07 bits per heavy atom. The fourth-order valence-electron chi connectivity index (χ4n) is 4.58. The Hall–Kier alpha value is -1.97. The lowest BCUT2D eigenvalue weighted by atomic mass is 9.67. The van der Waals surface area contributed by atoms with Crippen molar-refractivity contribution in [3.8, 4) is 11.5 Å². The number of allylic oxidation sites excluding steroid dienone is 1. The third-order valence-corrected chi connectivity index (χ3v) is 6.01. The van der Waals surface area contributed by atoms with E-state index >= 15 is 0 Å². The predicted octanol–water partition coefficient (Wildman–Crippen LogP) is 5.28. The van der Waals surface area contributed by atoms with E-state index in [0.717, 1.165) is 35.3 Å². The van der Waals surface area contributed by atoms with Crippen molar-refractivity contribution in [2.75, 3.05) is 0 Å². The number of unbranched alkanes of at least 4 members (excludes halogenated alkanes) is 2. The molecule has 0 unspecified atom stereocenters. The largest absolute Gasteiger partial charge is 0.507 e. The molecule has 1 aliphatic carbocycles.